The molecule has 1 heterocycles. The summed E-state index contributed by atoms with van der Waals surface area (Å²) in [4.78, 5) is 27.8. The van der Waals surface area contributed by atoms with Crippen molar-refractivity contribution >= 4 is 27.4 Å². The lowest BCUT2D eigenvalue weighted by molar-refractivity contribution is 0.101. The molecule has 0 atom stereocenters. The van der Waals surface area contributed by atoms with Gasteiger partial charge in [-0.3, -0.25) is 9.59 Å². The Kier molecular flexibility index (Phi) is 6.78. The van der Waals surface area contributed by atoms with Crippen molar-refractivity contribution in [2.75, 3.05) is 12.4 Å². The van der Waals surface area contributed by atoms with Crippen LogP contribution in [0.2, 0.25) is 0 Å². The van der Waals surface area contributed by atoms with Crippen LogP contribution in [0.1, 0.15) is 33.2 Å². The summed E-state index contributed by atoms with van der Waals surface area (Å²) < 4.78 is 32.4. The van der Waals surface area contributed by atoms with Crippen LogP contribution in [0.5, 0.6) is 5.88 Å². The van der Waals surface area contributed by atoms with Crippen molar-refractivity contribution in [2.24, 2.45) is 0 Å². The van der Waals surface area contributed by atoms with Gasteiger partial charge in [-0.05, 0) is 42.8 Å². The van der Waals surface area contributed by atoms with Gasteiger partial charge in [0.05, 0.1) is 23.9 Å². The summed E-state index contributed by atoms with van der Waals surface area (Å²) in [6, 6.07) is 15.6. The predicted molar refractivity (Wildman–Crippen MR) is 116 cm³/mol. The van der Waals surface area contributed by atoms with Crippen molar-refractivity contribution in [3.63, 3.8) is 0 Å². The van der Waals surface area contributed by atoms with Gasteiger partial charge in [0.15, 0.2) is 5.78 Å². The number of methoxy groups -OCH3 is 1. The molecule has 1 aromatic heterocycles. The molecule has 0 aliphatic carbocycles. The number of nitrogens with one attached hydrogen (secondary N) is 2. The molecule has 9 heteroatoms. The smallest absolute Gasteiger partial charge is 0.255 e. The quantitative estimate of drug-likeness (QED) is 0.522. The zero-order chi connectivity index (χ0) is 22.4. The number of benzene rings is 2. The predicted octanol–water partition coefficient (Wildman–Crippen LogP) is 3.02. The largest absolute Gasteiger partial charge is 0.481 e. The standard InChI is InChI=1S/C22H21N3O5S/c1-15(26)17-7-10-20(11-8-17)31(28,29)24-13-16-3-5-18(6-4-16)22(27)25-19-9-12-21(30-2)23-14-19/h3-12,14,24H,13H2,1-2H3,(H,25,27). The Morgan fingerprint density at radius 2 is 1.58 bits per heavy atom. The molecule has 0 saturated heterocycles. The van der Waals surface area contributed by atoms with Gasteiger partial charge in [-0.15, -0.1) is 0 Å². The van der Waals surface area contributed by atoms with Crippen LogP contribution in [0.15, 0.2) is 71.8 Å². The fraction of sp³-hybridized carbons (Fsp3) is 0.136. The number of carbonyl (C=O) groups is 2. The van der Waals surface area contributed by atoms with E-state index >= 15 is 0 Å². The van der Waals surface area contributed by atoms with Crippen LogP contribution in [0, 0.1) is 0 Å². The fourth-order valence-corrected chi connectivity index (χ4v) is 3.70. The molecule has 0 unspecified atom stereocenters. The molecule has 0 radical (unpaired) electrons. The highest BCUT2D eigenvalue weighted by molar-refractivity contribution is 7.89. The first kappa shape index (κ1) is 22.1. The maximum Gasteiger partial charge on any atom is 0.255 e. The Bertz CT molecular complexity index is 1170. The summed E-state index contributed by atoms with van der Waals surface area (Å²) in [5.41, 5.74) is 2.07. The second-order valence-electron chi connectivity index (χ2n) is 6.65. The number of Topliss-reactive ketones (excluding diaryl/α,β-unsaturated/α-hetero) is 1. The summed E-state index contributed by atoms with van der Waals surface area (Å²) in [6.45, 7) is 1.47. The van der Waals surface area contributed by atoms with E-state index in [-0.39, 0.29) is 23.1 Å². The molecule has 8 nitrogen and oxygen atoms in total. The number of carbonyl (C=O) groups excluding carboxylic acids is 2. The molecule has 160 valence electrons. The number of ketones is 1. The van der Waals surface area contributed by atoms with Gasteiger partial charge < -0.3 is 10.1 Å². The number of nitrogens with zero attached hydrogens (tertiary/aromatic N) is 1. The molecule has 0 aliphatic heterocycles. The maximum absolute atomic E-state index is 12.4. The topological polar surface area (TPSA) is 114 Å². The third-order valence-corrected chi connectivity index (χ3v) is 5.87. The molecule has 2 aromatic carbocycles. The number of sulfonamides is 1. The normalized spacial score (nSPS) is 11.0. The molecule has 0 aliphatic rings. The van der Waals surface area contributed by atoms with E-state index in [1.54, 1.807) is 36.4 Å². The molecule has 0 spiro atoms. The van der Waals surface area contributed by atoms with Crippen LogP contribution in [-0.4, -0.2) is 32.2 Å². The second-order valence-corrected chi connectivity index (χ2v) is 8.41. The van der Waals surface area contributed by atoms with Crippen LogP contribution in [0.25, 0.3) is 0 Å². The van der Waals surface area contributed by atoms with Crippen molar-refractivity contribution in [3.8, 4) is 5.88 Å². The lowest BCUT2D eigenvalue weighted by atomic mass is 10.1. The number of hydrogen-bond donors (Lipinski definition) is 2. The molecule has 1 amide bonds. The molecular formula is C22H21N3O5S. The van der Waals surface area contributed by atoms with Gasteiger partial charge in [0, 0.05) is 23.7 Å². The summed E-state index contributed by atoms with van der Waals surface area (Å²) in [6.07, 6.45) is 1.49. The fourth-order valence-electron chi connectivity index (χ4n) is 2.68. The maximum atomic E-state index is 12.4. The minimum absolute atomic E-state index is 0.0566. The summed E-state index contributed by atoms with van der Waals surface area (Å²) in [7, 11) is -2.23. The molecule has 3 aromatic rings. The molecule has 2 N–H and O–H groups in total. The molecule has 0 saturated carbocycles. The molecule has 0 fully saturated rings. The highest BCUT2D eigenvalue weighted by atomic mass is 32.2. The van der Waals surface area contributed by atoms with Crippen molar-refractivity contribution in [1.82, 2.24) is 9.71 Å². The monoisotopic (exact) mass is 439 g/mol. The van der Waals surface area contributed by atoms with Gasteiger partial charge in [0.1, 0.15) is 0 Å². The van der Waals surface area contributed by atoms with Crippen LogP contribution in [0.4, 0.5) is 5.69 Å². The minimum atomic E-state index is -3.73. The Hall–Kier alpha value is -3.56. The molecule has 3 rings (SSSR count). The third kappa shape index (κ3) is 5.74. The molecule has 0 bridgehead atoms. The number of rotatable bonds is 8. The average molecular weight is 439 g/mol. The van der Waals surface area contributed by atoms with Crippen LogP contribution in [-0.2, 0) is 16.6 Å². The number of hydrogen-bond acceptors (Lipinski definition) is 6. The van der Waals surface area contributed by atoms with E-state index in [1.165, 1.54) is 44.5 Å². The Morgan fingerprint density at radius 1 is 0.935 bits per heavy atom. The second kappa shape index (κ2) is 9.50. The van der Waals surface area contributed by atoms with E-state index in [1.807, 2.05) is 0 Å². The number of ether oxygens (including phenoxy) is 1. The first-order chi connectivity index (χ1) is 14.8. The number of anilines is 1. The molecular weight excluding hydrogens is 418 g/mol. The van der Waals surface area contributed by atoms with E-state index in [0.717, 1.165) is 0 Å². The molecule has 31 heavy (non-hydrogen) atoms. The highest BCUT2D eigenvalue weighted by Gasteiger charge is 2.14. The van der Waals surface area contributed by atoms with Gasteiger partial charge >= 0.3 is 0 Å². The van der Waals surface area contributed by atoms with Gasteiger partial charge in [0.25, 0.3) is 5.91 Å². The third-order valence-electron chi connectivity index (χ3n) is 4.46. The van der Waals surface area contributed by atoms with Crippen molar-refractivity contribution in [2.45, 2.75) is 18.4 Å². The van der Waals surface area contributed by atoms with Crippen LogP contribution >= 0.6 is 0 Å². The lowest BCUT2D eigenvalue weighted by Gasteiger charge is -2.09. The zero-order valence-electron chi connectivity index (χ0n) is 17.0. The summed E-state index contributed by atoms with van der Waals surface area (Å²) in [5, 5.41) is 2.73. The van der Waals surface area contributed by atoms with Gasteiger partial charge in [-0.1, -0.05) is 24.3 Å². The van der Waals surface area contributed by atoms with E-state index in [0.29, 0.717) is 28.3 Å². The van der Waals surface area contributed by atoms with Crippen molar-refractivity contribution < 1.29 is 22.7 Å². The first-order valence-corrected chi connectivity index (χ1v) is 10.8. The average Bonchev–Trinajstić information content (AvgIpc) is 2.78. The lowest BCUT2D eigenvalue weighted by Crippen LogP contribution is -2.23. The SMILES string of the molecule is COc1ccc(NC(=O)c2ccc(CNS(=O)(=O)c3ccc(C(C)=O)cc3)cc2)cn1. The van der Waals surface area contributed by atoms with Gasteiger partial charge in [-0.2, -0.15) is 0 Å². The Morgan fingerprint density at radius 3 is 2.13 bits per heavy atom. The number of amides is 1. The number of pyridine rings is 1. The van der Waals surface area contributed by atoms with E-state index < -0.39 is 10.0 Å². The highest BCUT2D eigenvalue weighted by Crippen LogP contribution is 2.14. The minimum Gasteiger partial charge on any atom is -0.481 e. The van der Waals surface area contributed by atoms with Gasteiger partial charge in [-0.25, -0.2) is 18.1 Å². The van der Waals surface area contributed by atoms with E-state index in [2.05, 4.69) is 15.0 Å². The zero-order valence-corrected chi connectivity index (χ0v) is 17.8. The number of aromatic nitrogens is 1. The first-order valence-electron chi connectivity index (χ1n) is 9.29. The Balaban J connectivity index is 1.60. The Labute approximate surface area is 180 Å². The van der Waals surface area contributed by atoms with Crippen molar-refractivity contribution in [3.05, 3.63) is 83.6 Å². The summed E-state index contributed by atoms with van der Waals surface area (Å²) in [5.74, 6) is -0.00598. The van der Waals surface area contributed by atoms with Crippen molar-refractivity contribution in [1.29, 1.82) is 0 Å². The summed E-state index contributed by atoms with van der Waals surface area (Å²) >= 11 is 0. The van der Waals surface area contributed by atoms with Crippen LogP contribution < -0.4 is 14.8 Å². The van der Waals surface area contributed by atoms with E-state index in [4.69, 9.17) is 4.74 Å². The van der Waals surface area contributed by atoms with Gasteiger partial charge in [0.2, 0.25) is 15.9 Å². The van der Waals surface area contributed by atoms with E-state index in [9.17, 15) is 18.0 Å². The van der Waals surface area contributed by atoms with Crippen LogP contribution in [0.3, 0.4) is 0 Å².